The van der Waals surface area contributed by atoms with Gasteiger partial charge in [0, 0.05) is 18.7 Å². The fourth-order valence-corrected chi connectivity index (χ4v) is 2.55. The third-order valence-corrected chi connectivity index (χ3v) is 3.86. The van der Waals surface area contributed by atoms with Crippen LogP contribution in [0.25, 0.3) is 0 Å². The summed E-state index contributed by atoms with van der Waals surface area (Å²) in [5.74, 6) is 0.271. The molecule has 2 rings (SSSR count). The van der Waals surface area contributed by atoms with Crippen molar-refractivity contribution in [3.63, 3.8) is 0 Å². The van der Waals surface area contributed by atoms with Crippen LogP contribution in [0.3, 0.4) is 0 Å². The van der Waals surface area contributed by atoms with Gasteiger partial charge in [-0.25, -0.2) is 0 Å². The Labute approximate surface area is 114 Å². The van der Waals surface area contributed by atoms with Gasteiger partial charge in [0.1, 0.15) is 5.75 Å². The molecule has 0 aliphatic carbocycles. The monoisotopic (exact) mass is 262 g/mol. The van der Waals surface area contributed by atoms with Crippen LogP contribution in [0.4, 0.5) is 0 Å². The van der Waals surface area contributed by atoms with E-state index >= 15 is 0 Å². The number of carbonyl (C=O) groups excluding carboxylic acids is 1. The van der Waals surface area contributed by atoms with Crippen LogP contribution in [0, 0.1) is 6.92 Å². The van der Waals surface area contributed by atoms with E-state index < -0.39 is 0 Å². The van der Waals surface area contributed by atoms with E-state index in [1.807, 2.05) is 18.9 Å². The zero-order chi connectivity index (χ0) is 13.8. The molecular formula is C15H22N2O2. The molecule has 0 bridgehead atoms. The summed E-state index contributed by atoms with van der Waals surface area (Å²) in [6, 6.07) is 5.33. The lowest BCUT2D eigenvalue weighted by Gasteiger charge is -2.27. The fraction of sp³-hybridized carbons (Fsp3) is 0.533. The summed E-state index contributed by atoms with van der Waals surface area (Å²) in [6.45, 7) is 3.81. The Morgan fingerprint density at radius 1 is 1.37 bits per heavy atom. The van der Waals surface area contributed by atoms with Gasteiger partial charge in [-0.2, -0.15) is 0 Å². The van der Waals surface area contributed by atoms with Crippen molar-refractivity contribution in [2.75, 3.05) is 20.1 Å². The topological polar surface area (TPSA) is 52.6 Å². The average Bonchev–Trinajstić information content (AvgIpc) is 2.69. The normalized spacial score (nSPS) is 19.8. The van der Waals surface area contributed by atoms with Gasteiger partial charge in [-0.1, -0.05) is 0 Å². The number of benzene rings is 1. The minimum absolute atomic E-state index is 0.0370. The zero-order valence-corrected chi connectivity index (χ0v) is 11.6. The number of nitrogens with one attached hydrogen (secondary N) is 1. The van der Waals surface area contributed by atoms with Crippen LogP contribution in [0.5, 0.6) is 5.75 Å². The van der Waals surface area contributed by atoms with Crippen LogP contribution in [0.1, 0.15) is 35.2 Å². The molecule has 1 aliphatic rings. The molecule has 1 aliphatic heterocycles. The molecule has 1 atom stereocenters. The van der Waals surface area contributed by atoms with Crippen molar-refractivity contribution in [2.24, 2.45) is 0 Å². The summed E-state index contributed by atoms with van der Waals surface area (Å²) >= 11 is 0. The molecule has 4 heteroatoms. The van der Waals surface area contributed by atoms with E-state index in [1.165, 1.54) is 0 Å². The quantitative estimate of drug-likeness (QED) is 0.856. The molecule has 4 nitrogen and oxygen atoms in total. The predicted octanol–water partition coefficient (Wildman–Crippen LogP) is 1.91. The second-order valence-electron chi connectivity index (χ2n) is 5.25. The Bertz CT molecular complexity index is 451. The van der Waals surface area contributed by atoms with Gasteiger partial charge >= 0.3 is 0 Å². The van der Waals surface area contributed by atoms with E-state index in [4.69, 9.17) is 0 Å². The average molecular weight is 262 g/mol. The number of nitrogens with zero attached hydrogens (tertiary/aromatic N) is 1. The number of aryl methyl sites for hydroxylation is 1. The summed E-state index contributed by atoms with van der Waals surface area (Å²) in [5, 5.41) is 12.9. The molecule has 1 aromatic carbocycles. The van der Waals surface area contributed by atoms with Gasteiger partial charge in [-0.15, -0.1) is 0 Å². The van der Waals surface area contributed by atoms with E-state index in [-0.39, 0.29) is 11.7 Å². The van der Waals surface area contributed by atoms with E-state index in [2.05, 4.69) is 5.32 Å². The standard InChI is InChI=1S/C15H22N2O2/c1-11-10-12(5-6-14(11)18)15(19)17(2)13-4-3-8-16-9-7-13/h5-6,10,13,16,18H,3-4,7-9H2,1-2H3. The van der Waals surface area contributed by atoms with Crippen molar-refractivity contribution in [1.82, 2.24) is 10.2 Å². The number of phenolic OH excluding ortho intramolecular Hbond substituents is 1. The minimum atomic E-state index is 0.0370. The van der Waals surface area contributed by atoms with Crippen LogP contribution in [0.2, 0.25) is 0 Å². The van der Waals surface area contributed by atoms with Crippen molar-refractivity contribution in [3.8, 4) is 5.75 Å². The molecule has 0 aromatic heterocycles. The van der Waals surface area contributed by atoms with Crippen LogP contribution >= 0.6 is 0 Å². The van der Waals surface area contributed by atoms with Gasteiger partial charge in [0.05, 0.1) is 0 Å². The van der Waals surface area contributed by atoms with Crippen molar-refractivity contribution >= 4 is 5.91 Å². The summed E-state index contributed by atoms with van der Waals surface area (Å²) in [7, 11) is 1.88. The Kier molecular flexibility index (Phi) is 4.43. The van der Waals surface area contributed by atoms with Crippen molar-refractivity contribution < 1.29 is 9.90 Å². The molecule has 1 unspecified atom stereocenters. The molecule has 1 heterocycles. The van der Waals surface area contributed by atoms with E-state index in [1.54, 1.807) is 18.2 Å². The number of amides is 1. The Morgan fingerprint density at radius 2 is 2.16 bits per heavy atom. The van der Waals surface area contributed by atoms with E-state index in [9.17, 15) is 9.90 Å². The number of hydrogen-bond donors (Lipinski definition) is 2. The maximum atomic E-state index is 12.4. The molecule has 1 fully saturated rings. The summed E-state index contributed by atoms with van der Waals surface area (Å²) in [4.78, 5) is 14.3. The molecule has 0 radical (unpaired) electrons. The summed E-state index contributed by atoms with van der Waals surface area (Å²) in [6.07, 6.45) is 3.16. The van der Waals surface area contributed by atoms with Gasteiger partial charge in [-0.05, 0) is 63.0 Å². The maximum absolute atomic E-state index is 12.4. The first-order valence-corrected chi connectivity index (χ1v) is 6.87. The first kappa shape index (κ1) is 13.9. The molecule has 1 amide bonds. The lowest BCUT2D eigenvalue weighted by molar-refractivity contribution is 0.0720. The molecule has 104 valence electrons. The van der Waals surface area contributed by atoms with Crippen LogP contribution in [-0.4, -0.2) is 42.1 Å². The first-order valence-electron chi connectivity index (χ1n) is 6.87. The molecule has 0 spiro atoms. The van der Waals surface area contributed by atoms with Crippen LogP contribution in [0.15, 0.2) is 18.2 Å². The number of phenols is 1. The molecule has 0 saturated carbocycles. The lowest BCUT2D eigenvalue weighted by atomic mass is 10.1. The second-order valence-corrected chi connectivity index (χ2v) is 5.25. The van der Waals surface area contributed by atoms with Gasteiger partial charge in [-0.3, -0.25) is 4.79 Å². The first-order chi connectivity index (χ1) is 9.09. The molecule has 2 N–H and O–H groups in total. The Hall–Kier alpha value is -1.55. The molecule has 1 aromatic rings. The van der Waals surface area contributed by atoms with Gasteiger partial charge < -0.3 is 15.3 Å². The second kappa shape index (κ2) is 6.06. The summed E-state index contributed by atoms with van der Waals surface area (Å²) < 4.78 is 0. The van der Waals surface area contributed by atoms with Crippen LogP contribution < -0.4 is 5.32 Å². The lowest BCUT2D eigenvalue weighted by Crippen LogP contribution is -2.37. The van der Waals surface area contributed by atoms with Crippen molar-refractivity contribution in [3.05, 3.63) is 29.3 Å². The number of rotatable bonds is 2. The molecule has 19 heavy (non-hydrogen) atoms. The van der Waals surface area contributed by atoms with Gasteiger partial charge in [0.2, 0.25) is 0 Å². The van der Waals surface area contributed by atoms with Crippen molar-refractivity contribution in [2.45, 2.75) is 32.2 Å². The van der Waals surface area contributed by atoms with E-state index in [0.29, 0.717) is 11.6 Å². The largest absolute Gasteiger partial charge is 0.508 e. The molecular weight excluding hydrogens is 240 g/mol. The highest BCUT2D eigenvalue weighted by molar-refractivity contribution is 5.94. The number of aromatic hydroxyl groups is 1. The minimum Gasteiger partial charge on any atom is -0.508 e. The third-order valence-electron chi connectivity index (χ3n) is 3.86. The Morgan fingerprint density at radius 3 is 2.89 bits per heavy atom. The Balaban J connectivity index is 2.10. The molecule has 1 saturated heterocycles. The van der Waals surface area contributed by atoms with Gasteiger partial charge in [0.15, 0.2) is 0 Å². The zero-order valence-electron chi connectivity index (χ0n) is 11.6. The van der Waals surface area contributed by atoms with Crippen molar-refractivity contribution in [1.29, 1.82) is 0 Å². The smallest absolute Gasteiger partial charge is 0.253 e. The SMILES string of the molecule is Cc1cc(C(=O)N(C)C2CCCNCC2)ccc1O. The fourth-order valence-electron chi connectivity index (χ4n) is 2.55. The number of carbonyl (C=O) groups is 1. The van der Waals surface area contributed by atoms with Gasteiger partial charge in [0.25, 0.3) is 5.91 Å². The van der Waals surface area contributed by atoms with Crippen LogP contribution in [-0.2, 0) is 0 Å². The predicted molar refractivity (Wildman–Crippen MR) is 75.4 cm³/mol. The highest BCUT2D eigenvalue weighted by atomic mass is 16.3. The maximum Gasteiger partial charge on any atom is 0.253 e. The highest BCUT2D eigenvalue weighted by Crippen LogP contribution is 2.20. The third kappa shape index (κ3) is 3.26. The number of hydrogen-bond acceptors (Lipinski definition) is 3. The van der Waals surface area contributed by atoms with E-state index in [0.717, 1.165) is 37.9 Å². The summed E-state index contributed by atoms with van der Waals surface area (Å²) in [5.41, 5.74) is 1.39. The highest BCUT2D eigenvalue weighted by Gasteiger charge is 2.22.